The molecule has 2 aliphatic heterocycles. The zero-order valence-electron chi connectivity index (χ0n) is 15.6. The van der Waals surface area contributed by atoms with Gasteiger partial charge >= 0.3 is 0 Å². The van der Waals surface area contributed by atoms with Gasteiger partial charge in [0.2, 0.25) is 0 Å². The molecule has 2 heterocycles. The van der Waals surface area contributed by atoms with Crippen molar-refractivity contribution in [1.29, 1.82) is 0 Å². The number of aryl methyl sites for hydroxylation is 1. The first-order chi connectivity index (χ1) is 12.7. The van der Waals surface area contributed by atoms with Crippen molar-refractivity contribution in [2.75, 3.05) is 0 Å². The first-order valence-corrected chi connectivity index (χ1v) is 9.15. The van der Waals surface area contributed by atoms with Crippen LogP contribution in [0.4, 0.5) is 0 Å². The van der Waals surface area contributed by atoms with E-state index in [-0.39, 0.29) is 0 Å². The summed E-state index contributed by atoms with van der Waals surface area (Å²) >= 11 is 0. The summed E-state index contributed by atoms with van der Waals surface area (Å²) in [4.78, 5) is 0. The number of hydrogen-bond donors (Lipinski definition) is 0. The zero-order chi connectivity index (χ0) is 18.3. The molecule has 0 fully saturated rings. The second-order valence-electron chi connectivity index (χ2n) is 6.89. The quantitative estimate of drug-likeness (QED) is 0.302. The molecule has 3 aromatic rings. The van der Waals surface area contributed by atoms with Crippen LogP contribution in [0.5, 0.6) is 0 Å². The third-order valence-electron chi connectivity index (χ3n) is 5.41. The van der Waals surface area contributed by atoms with E-state index < -0.39 is 0 Å². The van der Waals surface area contributed by atoms with Gasteiger partial charge in [-0.1, -0.05) is 82.9 Å². The Morgan fingerprint density at radius 2 is 1.35 bits per heavy atom. The maximum Gasteiger partial charge on any atom is 0.192 e. The number of hydrogen-bond acceptors (Lipinski definition) is 0. The molecule has 0 saturated heterocycles. The van der Waals surface area contributed by atoms with E-state index in [1.165, 1.54) is 55.2 Å². The lowest BCUT2D eigenvalue weighted by Crippen LogP contribution is -2.39. The Balaban J connectivity index is 0.000000385. The van der Waals surface area contributed by atoms with E-state index in [0.29, 0.717) is 0 Å². The number of rotatable bonds is 0. The fourth-order valence-corrected chi connectivity index (χ4v) is 3.84. The summed E-state index contributed by atoms with van der Waals surface area (Å²) in [7, 11) is 4.72. The van der Waals surface area contributed by atoms with Crippen molar-refractivity contribution in [3.63, 3.8) is 0 Å². The molecule has 0 unspecified atom stereocenters. The van der Waals surface area contributed by atoms with Crippen LogP contribution in [0.25, 0.3) is 22.3 Å². The van der Waals surface area contributed by atoms with E-state index in [9.17, 15) is 0 Å². The molecule has 122 valence electrons. The number of benzene rings is 3. The topological polar surface area (TPSA) is 0 Å². The van der Waals surface area contributed by atoms with Crippen LogP contribution in [0.1, 0.15) is 24.5 Å². The minimum absolute atomic E-state index is 0.847. The van der Waals surface area contributed by atoms with Gasteiger partial charge in [-0.3, -0.25) is 0 Å². The Kier molecular flexibility index (Phi) is 4.25. The predicted octanol–water partition coefficient (Wildman–Crippen LogP) is 2.60. The van der Waals surface area contributed by atoms with Crippen molar-refractivity contribution in [3.8, 4) is 34.6 Å². The molecule has 0 nitrogen and oxygen atoms in total. The fourth-order valence-electron chi connectivity index (χ4n) is 3.84. The van der Waals surface area contributed by atoms with Crippen molar-refractivity contribution in [2.24, 2.45) is 0 Å². The first-order valence-electron chi connectivity index (χ1n) is 9.15. The molecule has 0 spiro atoms. The molecule has 26 heavy (non-hydrogen) atoms. The van der Waals surface area contributed by atoms with E-state index in [2.05, 4.69) is 82.9 Å². The van der Waals surface area contributed by atoms with Gasteiger partial charge in [0.15, 0.2) is 14.6 Å². The molecule has 2 aliphatic rings. The van der Waals surface area contributed by atoms with Gasteiger partial charge in [-0.2, -0.15) is 0 Å². The molecule has 2 heteroatoms. The maximum absolute atomic E-state index is 4.78. The van der Waals surface area contributed by atoms with Gasteiger partial charge in [-0.25, -0.2) is 0 Å². The molecule has 0 aliphatic carbocycles. The second kappa shape index (κ2) is 6.58. The summed E-state index contributed by atoms with van der Waals surface area (Å²) in [5.41, 5.74) is 13.8. The first kappa shape index (κ1) is 16.8. The Morgan fingerprint density at radius 1 is 0.769 bits per heavy atom. The number of terminal acetylenes is 1. The summed E-state index contributed by atoms with van der Waals surface area (Å²) < 4.78 is 0. The predicted molar refractivity (Wildman–Crippen MR) is 116 cm³/mol. The second-order valence-corrected chi connectivity index (χ2v) is 6.89. The molecule has 3 aromatic carbocycles. The van der Waals surface area contributed by atoms with Crippen molar-refractivity contribution < 1.29 is 0 Å². The van der Waals surface area contributed by atoms with Crippen molar-refractivity contribution in [2.45, 2.75) is 27.2 Å². The van der Waals surface area contributed by atoms with Crippen LogP contribution in [-0.2, 0) is 0 Å². The van der Waals surface area contributed by atoms with Crippen LogP contribution in [0.2, 0.25) is 0 Å². The van der Waals surface area contributed by atoms with Crippen LogP contribution in [0, 0.1) is 26.2 Å². The highest BCUT2D eigenvalue weighted by Crippen LogP contribution is 2.27. The van der Waals surface area contributed by atoms with Gasteiger partial charge in [0.25, 0.3) is 0 Å². The number of fused-ring (bicyclic) bond motifs is 7. The van der Waals surface area contributed by atoms with Gasteiger partial charge in [0.1, 0.15) is 0 Å². The van der Waals surface area contributed by atoms with E-state index in [0.717, 1.165) is 6.42 Å². The molecule has 0 bridgehead atoms. The molecular weight excluding hydrogens is 310 g/mol. The fraction of sp³-hybridized carbons (Fsp3) is 0.167. The average molecular weight is 330 g/mol. The third kappa shape index (κ3) is 2.51. The SMILES string of the molecule is C#CCC.Cc1ccc2c(c1C)[B]c1c-2ccc2c1[B]c1ccccc1-2. The zero-order valence-corrected chi connectivity index (χ0v) is 15.6. The Morgan fingerprint density at radius 3 is 2.08 bits per heavy atom. The summed E-state index contributed by atoms with van der Waals surface area (Å²) in [5, 5.41) is 0. The maximum atomic E-state index is 4.78. The molecule has 0 saturated carbocycles. The average Bonchev–Trinajstić information content (AvgIpc) is 3.23. The van der Waals surface area contributed by atoms with Crippen LogP contribution in [0.15, 0.2) is 48.5 Å². The van der Waals surface area contributed by atoms with Crippen molar-refractivity contribution in [1.82, 2.24) is 0 Å². The normalized spacial score (nSPS) is 11.6. The minimum atomic E-state index is 0.847. The molecule has 0 amide bonds. The lowest BCUT2D eigenvalue weighted by molar-refractivity contribution is 1.28. The highest BCUT2D eigenvalue weighted by Gasteiger charge is 2.29. The highest BCUT2D eigenvalue weighted by atomic mass is 14.2. The van der Waals surface area contributed by atoms with E-state index in [1.54, 1.807) is 0 Å². The van der Waals surface area contributed by atoms with Crippen molar-refractivity contribution >= 4 is 36.4 Å². The molecule has 2 radical (unpaired) electrons. The third-order valence-corrected chi connectivity index (χ3v) is 5.41. The molecule has 0 atom stereocenters. The molecule has 0 N–H and O–H groups in total. The summed E-state index contributed by atoms with van der Waals surface area (Å²) in [5.74, 6) is 2.43. The van der Waals surface area contributed by atoms with Gasteiger partial charge in [0, 0.05) is 6.42 Å². The van der Waals surface area contributed by atoms with Gasteiger partial charge < -0.3 is 0 Å². The molecule has 0 aromatic heterocycles. The Bertz CT molecular complexity index is 1050. The van der Waals surface area contributed by atoms with Crippen molar-refractivity contribution in [3.05, 3.63) is 59.7 Å². The van der Waals surface area contributed by atoms with Crippen LogP contribution in [-0.4, -0.2) is 14.6 Å². The van der Waals surface area contributed by atoms with Crippen LogP contribution < -0.4 is 21.9 Å². The minimum Gasteiger partial charge on any atom is -0.120 e. The van der Waals surface area contributed by atoms with Gasteiger partial charge in [-0.05, 0) is 41.7 Å². The largest absolute Gasteiger partial charge is 0.192 e. The molecule has 5 rings (SSSR count). The Hall–Kier alpha value is -2.65. The van der Waals surface area contributed by atoms with E-state index in [4.69, 9.17) is 6.42 Å². The lowest BCUT2D eigenvalue weighted by Gasteiger charge is -2.09. The highest BCUT2D eigenvalue weighted by molar-refractivity contribution is 6.85. The summed E-state index contributed by atoms with van der Waals surface area (Å²) in [6, 6.07) is 17.8. The van der Waals surface area contributed by atoms with Gasteiger partial charge in [0.05, 0.1) is 0 Å². The summed E-state index contributed by atoms with van der Waals surface area (Å²) in [6.45, 7) is 6.37. The standard InChI is InChI=1S/C20H14B2.C4H6/c1-11-7-8-15-16-10-9-14-13-5-3-4-6-17(13)21-19(14)20(16)22-18(15)12(11)2;1-3-4-2/h3-10H,1-2H3;1H,4H2,2H3. The Labute approximate surface area is 158 Å². The monoisotopic (exact) mass is 330 g/mol. The molecular formula is C24H20B2. The van der Waals surface area contributed by atoms with E-state index in [1.807, 2.05) is 6.92 Å². The van der Waals surface area contributed by atoms with E-state index >= 15 is 0 Å². The smallest absolute Gasteiger partial charge is 0.120 e. The van der Waals surface area contributed by atoms with Gasteiger partial charge in [-0.15, -0.1) is 12.3 Å². The lowest BCUT2D eigenvalue weighted by atomic mass is 9.56. The van der Waals surface area contributed by atoms with Crippen LogP contribution >= 0.6 is 0 Å². The summed E-state index contributed by atoms with van der Waals surface area (Å²) in [6.07, 6.45) is 5.62. The van der Waals surface area contributed by atoms with Crippen LogP contribution in [0.3, 0.4) is 0 Å².